The van der Waals surface area contributed by atoms with Crippen molar-refractivity contribution in [1.29, 1.82) is 0 Å². The first-order valence-electron chi connectivity index (χ1n) is 5.18. The summed E-state index contributed by atoms with van der Waals surface area (Å²) in [4.78, 5) is 13.6. The van der Waals surface area contributed by atoms with Gasteiger partial charge >= 0.3 is 5.97 Å². The molecular formula is C11H23NO2. The van der Waals surface area contributed by atoms with Crippen LogP contribution in [-0.2, 0) is 9.53 Å². The van der Waals surface area contributed by atoms with Crippen LogP contribution >= 0.6 is 0 Å². The summed E-state index contributed by atoms with van der Waals surface area (Å²) >= 11 is 0. The zero-order valence-electron chi connectivity index (χ0n) is 10.2. The molecule has 1 unspecified atom stereocenters. The fourth-order valence-corrected chi connectivity index (χ4v) is 1.23. The highest BCUT2D eigenvalue weighted by Crippen LogP contribution is 2.14. The van der Waals surface area contributed by atoms with Gasteiger partial charge in [0.15, 0.2) is 0 Å². The van der Waals surface area contributed by atoms with Gasteiger partial charge in [0.25, 0.3) is 0 Å². The Bertz CT molecular complexity index is 178. The number of carbonyl (C=O) groups is 1. The number of ether oxygens (including phenoxy) is 1. The van der Waals surface area contributed by atoms with Gasteiger partial charge in [-0.15, -0.1) is 0 Å². The second kappa shape index (κ2) is 6.02. The van der Waals surface area contributed by atoms with E-state index in [0.29, 0.717) is 12.0 Å². The van der Waals surface area contributed by atoms with Crippen molar-refractivity contribution in [2.75, 3.05) is 20.7 Å². The van der Waals surface area contributed by atoms with Gasteiger partial charge in [-0.05, 0) is 26.8 Å². The molecule has 0 rings (SSSR count). The number of nitrogens with zero attached hydrogens (tertiary/aromatic N) is 1. The first-order chi connectivity index (χ1) is 6.40. The SMILES string of the molecule is COC(=O)C(CN(C)C(C)C)C(C)C. The van der Waals surface area contributed by atoms with Crippen molar-refractivity contribution < 1.29 is 9.53 Å². The number of hydrogen-bond donors (Lipinski definition) is 0. The molecule has 0 spiro atoms. The zero-order valence-corrected chi connectivity index (χ0v) is 10.2. The van der Waals surface area contributed by atoms with Crippen LogP contribution in [0.2, 0.25) is 0 Å². The van der Waals surface area contributed by atoms with Crippen molar-refractivity contribution in [1.82, 2.24) is 4.90 Å². The topological polar surface area (TPSA) is 29.5 Å². The third-order valence-electron chi connectivity index (χ3n) is 2.67. The molecule has 0 N–H and O–H groups in total. The summed E-state index contributed by atoms with van der Waals surface area (Å²) in [6.07, 6.45) is 0. The van der Waals surface area contributed by atoms with E-state index in [2.05, 4.69) is 32.6 Å². The summed E-state index contributed by atoms with van der Waals surface area (Å²) in [6.45, 7) is 9.11. The molecule has 0 fully saturated rings. The molecule has 0 aliphatic heterocycles. The molecule has 3 heteroatoms. The fourth-order valence-electron chi connectivity index (χ4n) is 1.23. The molecule has 0 saturated heterocycles. The molecule has 0 aliphatic carbocycles. The summed E-state index contributed by atoms with van der Waals surface area (Å²) in [5.74, 6) is 0.198. The summed E-state index contributed by atoms with van der Waals surface area (Å²) in [5.41, 5.74) is 0. The predicted molar refractivity (Wildman–Crippen MR) is 58.1 cm³/mol. The Labute approximate surface area is 87.4 Å². The van der Waals surface area contributed by atoms with Crippen LogP contribution in [0.25, 0.3) is 0 Å². The highest BCUT2D eigenvalue weighted by atomic mass is 16.5. The van der Waals surface area contributed by atoms with Gasteiger partial charge < -0.3 is 9.64 Å². The molecule has 0 aliphatic rings. The van der Waals surface area contributed by atoms with Crippen LogP contribution in [0, 0.1) is 11.8 Å². The van der Waals surface area contributed by atoms with E-state index in [-0.39, 0.29) is 11.9 Å². The van der Waals surface area contributed by atoms with Crippen LogP contribution < -0.4 is 0 Å². The van der Waals surface area contributed by atoms with Crippen molar-refractivity contribution >= 4 is 5.97 Å². The Hall–Kier alpha value is -0.570. The lowest BCUT2D eigenvalue weighted by Crippen LogP contribution is -2.37. The standard InChI is InChI=1S/C11H23NO2/c1-8(2)10(11(13)14-6)7-12(5)9(3)4/h8-10H,7H2,1-6H3. The minimum Gasteiger partial charge on any atom is -0.469 e. The zero-order chi connectivity index (χ0) is 11.3. The molecule has 84 valence electrons. The van der Waals surface area contributed by atoms with E-state index in [0.717, 1.165) is 6.54 Å². The minimum absolute atomic E-state index is 0.0209. The average molecular weight is 201 g/mol. The maximum Gasteiger partial charge on any atom is 0.310 e. The van der Waals surface area contributed by atoms with Crippen molar-refractivity contribution in [3.05, 3.63) is 0 Å². The Morgan fingerprint density at radius 3 is 2.07 bits per heavy atom. The lowest BCUT2D eigenvalue weighted by atomic mass is 9.95. The molecule has 0 aromatic carbocycles. The van der Waals surface area contributed by atoms with Crippen molar-refractivity contribution in [2.45, 2.75) is 33.7 Å². The van der Waals surface area contributed by atoms with Crippen molar-refractivity contribution in [2.24, 2.45) is 11.8 Å². The molecule has 0 aromatic heterocycles. The van der Waals surface area contributed by atoms with Gasteiger partial charge in [0.2, 0.25) is 0 Å². The van der Waals surface area contributed by atoms with Gasteiger partial charge in [0.05, 0.1) is 13.0 Å². The molecule has 1 atom stereocenters. The van der Waals surface area contributed by atoms with Gasteiger partial charge in [-0.2, -0.15) is 0 Å². The Morgan fingerprint density at radius 1 is 1.29 bits per heavy atom. The second-order valence-electron chi connectivity index (χ2n) is 4.41. The largest absolute Gasteiger partial charge is 0.469 e. The van der Waals surface area contributed by atoms with Crippen LogP contribution in [0.1, 0.15) is 27.7 Å². The second-order valence-corrected chi connectivity index (χ2v) is 4.41. The maximum atomic E-state index is 11.5. The van der Waals surface area contributed by atoms with E-state index in [1.54, 1.807) is 0 Å². The normalized spacial score (nSPS) is 13.8. The molecule has 14 heavy (non-hydrogen) atoms. The van der Waals surface area contributed by atoms with E-state index in [1.165, 1.54) is 7.11 Å². The summed E-state index contributed by atoms with van der Waals surface area (Å²) in [5, 5.41) is 0. The number of methoxy groups -OCH3 is 1. The first-order valence-corrected chi connectivity index (χ1v) is 5.18. The van der Waals surface area contributed by atoms with Crippen molar-refractivity contribution in [3.8, 4) is 0 Å². The van der Waals surface area contributed by atoms with E-state index in [9.17, 15) is 4.79 Å². The molecule has 0 saturated carbocycles. The third-order valence-corrected chi connectivity index (χ3v) is 2.67. The molecule has 0 amide bonds. The highest BCUT2D eigenvalue weighted by molar-refractivity contribution is 5.72. The van der Waals surface area contributed by atoms with Gasteiger partial charge in [-0.25, -0.2) is 0 Å². The molecule has 0 heterocycles. The van der Waals surface area contributed by atoms with Gasteiger partial charge in [-0.1, -0.05) is 13.8 Å². The Balaban J connectivity index is 4.30. The quantitative estimate of drug-likeness (QED) is 0.635. The third kappa shape index (κ3) is 4.09. The lowest BCUT2D eigenvalue weighted by Gasteiger charge is -2.27. The van der Waals surface area contributed by atoms with E-state index in [4.69, 9.17) is 4.74 Å². The van der Waals surface area contributed by atoms with Crippen LogP contribution in [0.3, 0.4) is 0 Å². The molecule has 0 bridgehead atoms. The molecule has 3 nitrogen and oxygen atoms in total. The minimum atomic E-state index is -0.104. The van der Waals surface area contributed by atoms with Crippen LogP contribution in [-0.4, -0.2) is 37.6 Å². The first kappa shape index (κ1) is 13.4. The number of hydrogen-bond acceptors (Lipinski definition) is 3. The van der Waals surface area contributed by atoms with Crippen LogP contribution in [0.5, 0.6) is 0 Å². The van der Waals surface area contributed by atoms with Gasteiger partial charge in [-0.3, -0.25) is 4.79 Å². The van der Waals surface area contributed by atoms with Crippen LogP contribution in [0.15, 0.2) is 0 Å². The van der Waals surface area contributed by atoms with E-state index in [1.807, 2.05) is 7.05 Å². The van der Waals surface area contributed by atoms with Crippen molar-refractivity contribution in [3.63, 3.8) is 0 Å². The smallest absolute Gasteiger partial charge is 0.310 e. The fraction of sp³-hybridized carbons (Fsp3) is 0.909. The van der Waals surface area contributed by atoms with E-state index >= 15 is 0 Å². The number of rotatable bonds is 5. The maximum absolute atomic E-state index is 11.5. The summed E-state index contributed by atoms with van der Waals surface area (Å²) < 4.78 is 4.79. The number of esters is 1. The Kier molecular flexibility index (Phi) is 5.77. The average Bonchev–Trinajstić information content (AvgIpc) is 2.11. The highest BCUT2D eigenvalue weighted by Gasteiger charge is 2.24. The molecular weight excluding hydrogens is 178 g/mol. The van der Waals surface area contributed by atoms with E-state index < -0.39 is 0 Å². The predicted octanol–water partition coefficient (Wildman–Crippen LogP) is 1.77. The summed E-state index contributed by atoms with van der Waals surface area (Å²) in [7, 11) is 3.48. The lowest BCUT2D eigenvalue weighted by molar-refractivity contribution is -0.147. The monoisotopic (exact) mass is 201 g/mol. The van der Waals surface area contributed by atoms with Crippen LogP contribution in [0.4, 0.5) is 0 Å². The molecule has 0 aromatic rings. The van der Waals surface area contributed by atoms with Gasteiger partial charge in [0, 0.05) is 12.6 Å². The molecule has 0 radical (unpaired) electrons. The number of carbonyl (C=O) groups excluding carboxylic acids is 1. The van der Waals surface area contributed by atoms with Gasteiger partial charge in [0.1, 0.15) is 0 Å². The Morgan fingerprint density at radius 2 is 1.79 bits per heavy atom. The summed E-state index contributed by atoms with van der Waals surface area (Å²) in [6, 6.07) is 0.459.